The lowest BCUT2D eigenvalue weighted by Crippen LogP contribution is -2.38. The predicted octanol–water partition coefficient (Wildman–Crippen LogP) is 4.30. The molecule has 2 unspecified atom stereocenters. The number of allylic oxidation sites excluding steroid dienone is 2. The molecule has 0 bridgehead atoms. The highest BCUT2D eigenvalue weighted by Crippen LogP contribution is 2.30. The number of carbonyl (C=O) groups is 2. The Morgan fingerprint density at radius 1 is 1.14 bits per heavy atom. The van der Waals surface area contributed by atoms with Crippen LogP contribution in [0.3, 0.4) is 0 Å². The lowest BCUT2D eigenvalue weighted by atomic mass is 9.91. The molecule has 4 nitrogen and oxygen atoms in total. The smallest absolute Gasteiger partial charge is 0.312 e. The predicted molar refractivity (Wildman–Crippen MR) is 93.1 cm³/mol. The van der Waals surface area contributed by atoms with Crippen LogP contribution in [0.5, 0.6) is 0 Å². The van der Waals surface area contributed by atoms with Crippen molar-refractivity contribution in [3.8, 4) is 0 Å². The number of halogens is 3. The van der Waals surface area contributed by atoms with E-state index in [9.17, 15) is 9.59 Å². The first-order valence-electron chi connectivity index (χ1n) is 6.38. The van der Waals surface area contributed by atoms with E-state index >= 15 is 0 Å². The summed E-state index contributed by atoms with van der Waals surface area (Å²) in [6, 6.07) is 6.31. The molecular formula is C15H12Br2ClNO3. The molecule has 2 rings (SSSR count). The van der Waals surface area contributed by atoms with E-state index in [0.717, 1.165) is 0 Å². The SMILES string of the molecule is CC1=C(C)C(=NOC(=O)c2ccc(Cl)cc2)C(Br)C(Br)C1=O. The number of carbonyl (C=O) groups excluding carboxylic acids is 2. The highest BCUT2D eigenvalue weighted by molar-refractivity contribution is 9.12. The van der Waals surface area contributed by atoms with Gasteiger partial charge < -0.3 is 4.84 Å². The Hall–Kier alpha value is -0.980. The Kier molecular flexibility index (Phi) is 5.58. The number of benzene rings is 1. The first-order valence-corrected chi connectivity index (χ1v) is 8.59. The minimum absolute atomic E-state index is 0.0117. The Morgan fingerprint density at radius 3 is 2.32 bits per heavy atom. The first kappa shape index (κ1) is 17.4. The fourth-order valence-corrected chi connectivity index (χ4v) is 3.30. The van der Waals surface area contributed by atoms with Gasteiger partial charge >= 0.3 is 5.97 Å². The fraction of sp³-hybridized carbons (Fsp3) is 0.267. The molecule has 0 saturated carbocycles. The molecule has 0 fully saturated rings. The van der Waals surface area contributed by atoms with Gasteiger partial charge in [0.1, 0.15) is 0 Å². The molecule has 1 aliphatic carbocycles. The maximum atomic E-state index is 12.0. The quantitative estimate of drug-likeness (QED) is 0.384. The molecule has 0 radical (unpaired) electrons. The van der Waals surface area contributed by atoms with E-state index < -0.39 is 10.8 Å². The molecule has 0 aliphatic heterocycles. The number of rotatable bonds is 2. The van der Waals surface area contributed by atoms with E-state index in [4.69, 9.17) is 16.4 Å². The zero-order valence-corrected chi connectivity index (χ0v) is 15.7. The van der Waals surface area contributed by atoms with Crippen LogP contribution in [0.2, 0.25) is 5.02 Å². The Balaban J connectivity index is 2.23. The molecule has 1 aliphatic rings. The molecule has 0 amide bonds. The monoisotopic (exact) mass is 447 g/mol. The van der Waals surface area contributed by atoms with Gasteiger partial charge in [-0.2, -0.15) is 0 Å². The topological polar surface area (TPSA) is 55.7 Å². The minimum atomic E-state index is -0.586. The standard InChI is InChI=1S/C15H12Br2ClNO3/c1-7-8(2)14(20)12(17)11(16)13(7)19-22-15(21)9-3-5-10(18)6-4-9/h3-6,11-12H,1-2H3. The molecule has 22 heavy (non-hydrogen) atoms. The van der Waals surface area contributed by atoms with E-state index in [1.54, 1.807) is 38.1 Å². The minimum Gasteiger partial charge on any atom is -0.312 e. The van der Waals surface area contributed by atoms with E-state index in [0.29, 0.717) is 27.4 Å². The highest BCUT2D eigenvalue weighted by Gasteiger charge is 2.36. The van der Waals surface area contributed by atoms with Gasteiger partial charge in [0.2, 0.25) is 0 Å². The van der Waals surface area contributed by atoms with Crippen molar-refractivity contribution in [3.05, 3.63) is 46.0 Å². The second kappa shape index (κ2) is 7.06. The van der Waals surface area contributed by atoms with Crippen LogP contribution in [0.25, 0.3) is 0 Å². The van der Waals surface area contributed by atoms with Crippen molar-refractivity contribution in [2.75, 3.05) is 0 Å². The van der Waals surface area contributed by atoms with Crippen LogP contribution in [0.4, 0.5) is 0 Å². The van der Waals surface area contributed by atoms with Crippen LogP contribution >= 0.6 is 43.5 Å². The summed E-state index contributed by atoms with van der Waals surface area (Å²) >= 11 is 12.5. The van der Waals surface area contributed by atoms with Crippen LogP contribution in [0.1, 0.15) is 24.2 Å². The van der Waals surface area contributed by atoms with Crippen molar-refractivity contribution in [3.63, 3.8) is 0 Å². The van der Waals surface area contributed by atoms with Crippen LogP contribution in [0, 0.1) is 0 Å². The summed E-state index contributed by atoms with van der Waals surface area (Å²) in [6.45, 7) is 3.50. The maximum Gasteiger partial charge on any atom is 0.365 e. The van der Waals surface area contributed by atoms with E-state index in [1.165, 1.54) is 0 Å². The number of alkyl halides is 2. The fourth-order valence-electron chi connectivity index (χ4n) is 1.91. The zero-order valence-electron chi connectivity index (χ0n) is 11.8. The summed E-state index contributed by atoms with van der Waals surface area (Å²) in [5.74, 6) is -0.598. The summed E-state index contributed by atoms with van der Waals surface area (Å²) in [7, 11) is 0. The van der Waals surface area contributed by atoms with E-state index in [1.807, 2.05) is 0 Å². The van der Waals surface area contributed by atoms with Gasteiger partial charge in [0, 0.05) is 5.02 Å². The Labute approximate surface area is 149 Å². The molecule has 0 spiro atoms. The van der Waals surface area contributed by atoms with Crippen molar-refractivity contribution in [1.29, 1.82) is 0 Å². The van der Waals surface area contributed by atoms with Gasteiger partial charge in [-0.05, 0) is 49.3 Å². The second-order valence-electron chi connectivity index (χ2n) is 4.78. The third-order valence-corrected chi connectivity index (χ3v) is 6.26. The van der Waals surface area contributed by atoms with Crippen LogP contribution in [-0.4, -0.2) is 27.1 Å². The van der Waals surface area contributed by atoms with E-state index in [-0.39, 0.29) is 10.6 Å². The summed E-state index contributed by atoms with van der Waals surface area (Å²) in [5.41, 5.74) is 2.16. The summed E-state index contributed by atoms with van der Waals surface area (Å²) in [4.78, 5) is 28.1. The average molecular weight is 450 g/mol. The molecule has 7 heteroatoms. The number of hydrogen-bond donors (Lipinski definition) is 0. The van der Waals surface area contributed by atoms with E-state index in [2.05, 4.69) is 37.0 Å². The largest absolute Gasteiger partial charge is 0.365 e. The van der Waals surface area contributed by atoms with Gasteiger partial charge in [0.05, 0.1) is 20.9 Å². The zero-order chi connectivity index (χ0) is 16.4. The van der Waals surface area contributed by atoms with Crippen molar-refractivity contribution in [1.82, 2.24) is 0 Å². The van der Waals surface area contributed by atoms with Gasteiger partial charge in [-0.1, -0.05) is 48.6 Å². The molecular weight excluding hydrogens is 437 g/mol. The molecule has 0 aromatic heterocycles. The highest BCUT2D eigenvalue weighted by atomic mass is 79.9. The third-order valence-electron chi connectivity index (χ3n) is 3.39. The molecule has 116 valence electrons. The number of ketones is 1. The number of oxime groups is 1. The molecule has 0 saturated heterocycles. The lowest BCUT2D eigenvalue weighted by molar-refractivity contribution is -0.114. The summed E-state index contributed by atoms with van der Waals surface area (Å²) in [6.07, 6.45) is 0. The van der Waals surface area contributed by atoms with Gasteiger partial charge in [0.25, 0.3) is 0 Å². The molecule has 0 N–H and O–H groups in total. The molecule has 1 aromatic rings. The summed E-state index contributed by atoms with van der Waals surface area (Å²) < 4.78 is 0. The van der Waals surface area contributed by atoms with Crippen LogP contribution in [0.15, 0.2) is 40.6 Å². The maximum absolute atomic E-state index is 12.0. The normalized spacial score (nSPS) is 23.9. The summed E-state index contributed by atoms with van der Waals surface area (Å²) in [5, 5.41) is 4.46. The number of hydrogen-bond acceptors (Lipinski definition) is 4. The number of nitrogens with zero attached hydrogens (tertiary/aromatic N) is 1. The number of Topliss-reactive ketones (excluding diaryl/α,β-unsaturated/α-hetero) is 1. The Morgan fingerprint density at radius 2 is 1.73 bits per heavy atom. The van der Waals surface area contributed by atoms with Crippen LogP contribution < -0.4 is 0 Å². The van der Waals surface area contributed by atoms with Gasteiger partial charge in [-0.25, -0.2) is 4.79 Å². The molecule has 0 heterocycles. The average Bonchev–Trinajstić information content (AvgIpc) is 2.51. The lowest BCUT2D eigenvalue weighted by Gasteiger charge is -2.25. The second-order valence-corrected chi connectivity index (χ2v) is 7.19. The van der Waals surface area contributed by atoms with Crippen molar-refractivity contribution in [2.45, 2.75) is 23.5 Å². The Bertz CT molecular complexity index is 683. The van der Waals surface area contributed by atoms with Gasteiger partial charge in [-0.3, -0.25) is 4.79 Å². The molecule has 1 aromatic carbocycles. The van der Waals surface area contributed by atoms with Crippen molar-refractivity contribution >= 4 is 60.9 Å². The van der Waals surface area contributed by atoms with Crippen molar-refractivity contribution in [2.24, 2.45) is 5.16 Å². The molecule has 2 atom stereocenters. The first-order chi connectivity index (χ1) is 10.3. The third kappa shape index (κ3) is 3.50. The van der Waals surface area contributed by atoms with Crippen LogP contribution in [-0.2, 0) is 9.63 Å². The van der Waals surface area contributed by atoms with Gasteiger partial charge in [0.15, 0.2) is 5.78 Å². The van der Waals surface area contributed by atoms with Crippen molar-refractivity contribution < 1.29 is 14.4 Å². The van der Waals surface area contributed by atoms with Gasteiger partial charge in [-0.15, -0.1) is 0 Å².